The van der Waals surface area contributed by atoms with Crippen molar-refractivity contribution in [2.24, 2.45) is 0 Å². The van der Waals surface area contributed by atoms with Gasteiger partial charge < -0.3 is 9.47 Å². The number of hydrogen-bond donors (Lipinski definition) is 0. The fourth-order valence-electron chi connectivity index (χ4n) is 4.62. The van der Waals surface area contributed by atoms with E-state index >= 15 is 0 Å². The second kappa shape index (κ2) is 12.6. The summed E-state index contributed by atoms with van der Waals surface area (Å²) in [5.74, 6) is 0.282. The summed E-state index contributed by atoms with van der Waals surface area (Å²) >= 11 is 0. The van der Waals surface area contributed by atoms with Crippen LogP contribution >= 0.6 is 0 Å². The molecule has 0 spiro atoms. The predicted octanol–water partition coefficient (Wildman–Crippen LogP) is 7.00. The molecule has 8 heteroatoms. The van der Waals surface area contributed by atoms with E-state index in [0.29, 0.717) is 27.7 Å². The van der Waals surface area contributed by atoms with Crippen molar-refractivity contribution in [2.45, 2.75) is 71.8 Å². The van der Waals surface area contributed by atoms with Crippen molar-refractivity contribution < 1.29 is 14.3 Å². The lowest BCUT2D eigenvalue weighted by Crippen LogP contribution is -2.26. The molecule has 0 saturated heterocycles. The summed E-state index contributed by atoms with van der Waals surface area (Å²) < 4.78 is 12.9. The molecule has 4 rings (SSSR count). The third-order valence-electron chi connectivity index (χ3n) is 8.22. The fraction of sp³-hybridized carbons (Fsp3) is 0.382. The van der Waals surface area contributed by atoms with Crippen LogP contribution in [0.5, 0.6) is 5.75 Å². The lowest BCUT2D eigenvalue weighted by molar-refractivity contribution is 0.0447. The molecule has 3 aromatic carbocycles. The number of nitrogens with zero attached hydrogens (tertiary/aromatic N) is 4. The molecule has 1 aromatic heterocycles. The third-order valence-corrected chi connectivity index (χ3v) is 8.22. The maximum absolute atomic E-state index is 13.1. The summed E-state index contributed by atoms with van der Waals surface area (Å²) in [6, 6.07) is 18.0. The minimum atomic E-state index is -0.513. The summed E-state index contributed by atoms with van der Waals surface area (Å²) in [4.78, 5) is 29.5. The summed E-state index contributed by atoms with van der Waals surface area (Å²) in [5.41, 5.74) is 3.67. The van der Waals surface area contributed by atoms with E-state index in [1.165, 1.54) is 16.3 Å². The smallest absolute Gasteiger partial charge is 0.338 e. The van der Waals surface area contributed by atoms with E-state index in [0.717, 1.165) is 24.2 Å². The molecular formula is C34H38N4O4. The van der Waals surface area contributed by atoms with Crippen molar-refractivity contribution in [1.29, 1.82) is 0 Å². The van der Waals surface area contributed by atoms with Crippen LogP contribution in [0.1, 0.15) is 81.4 Å². The molecule has 0 aliphatic carbocycles. The van der Waals surface area contributed by atoms with E-state index in [-0.39, 0.29) is 36.1 Å². The monoisotopic (exact) mass is 566 g/mol. The van der Waals surface area contributed by atoms with Gasteiger partial charge >= 0.3 is 5.97 Å². The van der Waals surface area contributed by atoms with Gasteiger partial charge in [-0.3, -0.25) is 4.79 Å². The van der Waals surface area contributed by atoms with Gasteiger partial charge in [-0.05, 0) is 59.1 Å². The van der Waals surface area contributed by atoms with E-state index in [1.807, 2.05) is 6.07 Å². The minimum absolute atomic E-state index is 0.0295. The molecule has 0 N–H and O–H groups in total. The molecule has 8 nitrogen and oxygen atoms in total. The number of carbonyl (C=O) groups is 1. The Hall–Kier alpha value is -4.51. The first kappa shape index (κ1) is 30.4. The van der Waals surface area contributed by atoms with E-state index < -0.39 is 5.97 Å². The highest BCUT2D eigenvalue weighted by Crippen LogP contribution is 2.38. The fourth-order valence-corrected chi connectivity index (χ4v) is 4.62. The first-order chi connectivity index (χ1) is 20.0. The zero-order chi connectivity index (χ0) is 30.5. The molecule has 1 heterocycles. The van der Waals surface area contributed by atoms with E-state index in [2.05, 4.69) is 68.8 Å². The number of aromatic nitrogens is 3. The third kappa shape index (κ3) is 6.52. The van der Waals surface area contributed by atoms with Gasteiger partial charge in [-0.15, -0.1) is 5.10 Å². The van der Waals surface area contributed by atoms with E-state index in [9.17, 15) is 9.59 Å². The average molecular weight is 567 g/mol. The van der Waals surface area contributed by atoms with Crippen LogP contribution in [0.4, 0.5) is 5.69 Å². The highest BCUT2D eigenvalue weighted by atomic mass is 16.6. The molecule has 0 amide bonds. The minimum Gasteiger partial charge on any atom is -0.490 e. The van der Waals surface area contributed by atoms with Crippen molar-refractivity contribution >= 4 is 22.6 Å². The van der Waals surface area contributed by atoms with Gasteiger partial charge in [0.2, 0.25) is 0 Å². The Morgan fingerprint density at radius 1 is 0.952 bits per heavy atom. The lowest BCUT2D eigenvalue weighted by Gasteiger charge is -2.30. The van der Waals surface area contributed by atoms with Crippen LogP contribution in [0.3, 0.4) is 0 Å². The summed E-state index contributed by atoms with van der Waals surface area (Å²) in [7, 11) is 0. The van der Waals surface area contributed by atoms with Crippen LogP contribution in [-0.4, -0.2) is 34.2 Å². The molecule has 0 saturated carbocycles. The normalized spacial score (nSPS) is 11.7. The van der Waals surface area contributed by atoms with Crippen LogP contribution in [0.2, 0.25) is 0 Å². The van der Waals surface area contributed by atoms with Crippen molar-refractivity contribution in [3.63, 3.8) is 0 Å². The van der Waals surface area contributed by atoms with Gasteiger partial charge in [-0.2, -0.15) is 0 Å². The first-order valence-electron chi connectivity index (χ1n) is 14.3. The largest absolute Gasteiger partial charge is 0.490 e. The number of benzene rings is 3. The zero-order valence-corrected chi connectivity index (χ0v) is 25.2. The molecule has 0 radical (unpaired) electrons. The maximum Gasteiger partial charge on any atom is 0.338 e. The molecule has 4 aromatic rings. The Kier molecular flexibility index (Phi) is 9.11. The number of ether oxygens (including phenoxy) is 2. The number of carbonyl (C=O) groups excluding carboxylic acids is 1. The van der Waals surface area contributed by atoms with Crippen LogP contribution in [-0.2, 0) is 22.1 Å². The van der Waals surface area contributed by atoms with Crippen molar-refractivity contribution in [2.75, 3.05) is 13.2 Å². The summed E-state index contributed by atoms with van der Waals surface area (Å²) in [6.07, 6.45) is 1.98. The Labute approximate surface area is 247 Å². The molecule has 0 aliphatic rings. The van der Waals surface area contributed by atoms with Crippen LogP contribution in [0.15, 0.2) is 65.5 Å². The molecule has 0 bridgehead atoms. The lowest BCUT2D eigenvalue weighted by atomic mass is 9.76. The average Bonchev–Trinajstić information content (AvgIpc) is 3.00. The summed E-state index contributed by atoms with van der Waals surface area (Å²) in [6.45, 7) is 20.8. The van der Waals surface area contributed by atoms with Gasteiger partial charge in [-0.25, -0.2) is 14.3 Å². The van der Waals surface area contributed by atoms with Gasteiger partial charge in [0.05, 0.1) is 29.6 Å². The predicted molar refractivity (Wildman–Crippen MR) is 164 cm³/mol. The Morgan fingerprint density at radius 2 is 1.69 bits per heavy atom. The SMILES string of the molecule is [C-]#[N+]c1ccc2nnn(Cc3ccccc3C(=O)OCCOc3ccc(C(C)(C)CC)cc3C(C)(C)CC)c(=O)c2c1. The Bertz CT molecular complexity index is 1700. The Balaban J connectivity index is 1.47. The van der Waals surface area contributed by atoms with Crippen LogP contribution in [0.25, 0.3) is 15.7 Å². The van der Waals surface area contributed by atoms with E-state index in [4.69, 9.17) is 16.0 Å². The van der Waals surface area contributed by atoms with Crippen LogP contribution < -0.4 is 10.3 Å². The molecule has 0 unspecified atom stereocenters. The van der Waals surface area contributed by atoms with Crippen molar-refractivity contribution in [3.8, 4) is 5.75 Å². The topological polar surface area (TPSA) is 87.7 Å². The van der Waals surface area contributed by atoms with Gasteiger partial charge in [-0.1, -0.05) is 83.2 Å². The van der Waals surface area contributed by atoms with Gasteiger partial charge in [0.1, 0.15) is 19.0 Å². The second-order valence-electron chi connectivity index (χ2n) is 11.7. The van der Waals surface area contributed by atoms with Gasteiger partial charge in [0, 0.05) is 5.56 Å². The van der Waals surface area contributed by atoms with Crippen molar-refractivity contribution in [1.82, 2.24) is 15.0 Å². The first-order valence-corrected chi connectivity index (χ1v) is 14.3. The molecule has 218 valence electrons. The molecule has 0 aliphatic heterocycles. The maximum atomic E-state index is 13.1. The molecule has 42 heavy (non-hydrogen) atoms. The number of hydrogen-bond acceptors (Lipinski definition) is 6. The standard InChI is InChI=1S/C34H38N4O4/c1-8-33(3,4)24-14-17-30(28(20-24)34(5,6)9-2)41-18-19-42-32(40)26-13-11-10-12-23(26)22-38-31(39)27-21-25(35-7)15-16-29(27)36-37-38/h10-17,20-21H,8-9,18-19,22H2,1-6H3. The highest BCUT2D eigenvalue weighted by molar-refractivity contribution is 5.91. The zero-order valence-electron chi connectivity index (χ0n) is 25.2. The number of rotatable bonds is 11. The summed E-state index contributed by atoms with van der Waals surface area (Å²) in [5, 5.41) is 8.44. The van der Waals surface area contributed by atoms with Crippen molar-refractivity contribution in [3.05, 3.63) is 105 Å². The number of esters is 1. The van der Waals surface area contributed by atoms with E-state index in [1.54, 1.807) is 36.4 Å². The highest BCUT2D eigenvalue weighted by Gasteiger charge is 2.26. The quantitative estimate of drug-likeness (QED) is 0.110. The molecular weight excluding hydrogens is 528 g/mol. The number of fused-ring (bicyclic) bond motifs is 1. The van der Waals surface area contributed by atoms with Gasteiger partial charge in [0.15, 0.2) is 5.69 Å². The van der Waals surface area contributed by atoms with Gasteiger partial charge in [0.25, 0.3) is 5.56 Å². The second-order valence-corrected chi connectivity index (χ2v) is 11.7. The molecule has 0 fully saturated rings. The molecule has 0 atom stereocenters. The van der Waals surface area contributed by atoms with Crippen LogP contribution in [0, 0.1) is 6.57 Å². The Morgan fingerprint density at radius 3 is 2.40 bits per heavy atom.